The molecule has 1 fully saturated rings. The number of methoxy groups -OCH3 is 1. The molecular formula is C61H96N12O22S2. The fourth-order valence-corrected chi connectivity index (χ4v) is 12.5. The summed E-state index contributed by atoms with van der Waals surface area (Å²) in [7, 11) is 1.40. The van der Waals surface area contributed by atoms with Crippen molar-refractivity contribution < 1.29 is 106 Å². The summed E-state index contributed by atoms with van der Waals surface area (Å²) in [4.78, 5) is 164. The number of amides is 11. The number of carboxylic acids is 1. The van der Waals surface area contributed by atoms with Crippen LogP contribution in [0.15, 0.2) is 17.2 Å². The fourth-order valence-electron chi connectivity index (χ4n) is 10.2. The van der Waals surface area contributed by atoms with Crippen molar-refractivity contribution in [2.75, 3.05) is 104 Å². The maximum atomic E-state index is 15.3. The van der Waals surface area contributed by atoms with Crippen molar-refractivity contribution in [3.8, 4) is 5.75 Å². The van der Waals surface area contributed by atoms with Crippen molar-refractivity contribution in [1.82, 2.24) is 52.4 Å². The highest BCUT2D eigenvalue weighted by Crippen LogP contribution is 2.37. The number of nitrogens with one attached hydrogen (secondary N) is 9. The van der Waals surface area contributed by atoms with Gasteiger partial charge in [-0.15, -0.1) is 0 Å². The lowest BCUT2D eigenvalue weighted by molar-refractivity contribution is -0.143. The van der Waals surface area contributed by atoms with E-state index >= 15 is 4.55 Å². The van der Waals surface area contributed by atoms with Gasteiger partial charge in [0.2, 0.25) is 70.0 Å². The van der Waals surface area contributed by atoms with E-state index in [1.807, 2.05) is 0 Å². The Hall–Kier alpha value is -7.42. The van der Waals surface area contributed by atoms with Crippen LogP contribution in [0, 0.1) is 17.8 Å². The lowest BCUT2D eigenvalue weighted by Gasteiger charge is -2.32. The van der Waals surface area contributed by atoms with Gasteiger partial charge in [0.25, 0.3) is 0 Å². The summed E-state index contributed by atoms with van der Waals surface area (Å²) >= 11 is -1.11. The third-order valence-corrected chi connectivity index (χ3v) is 18.5. The van der Waals surface area contributed by atoms with Gasteiger partial charge in [0.1, 0.15) is 41.7 Å². The summed E-state index contributed by atoms with van der Waals surface area (Å²) in [5, 5.41) is 61.3. The number of carboxylic acid groups (broad SMARTS) is 1. The molecule has 34 nitrogen and oxygen atoms in total. The van der Waals surface area contributed by atoms with Crippen LogP contribution in [0.5, 0.6) is 5.75 Å². The monoisotopic (exact) mass is 1410 g/mol. The Labute approximate surface area is 568 Å². The average molecular weight is 1410 g/mol. The van der Waals surface area contributed by atoms with Gasteiger partial charge in [0.15, 0.2) is 6.04 Å². The van der Waals surface area contributed by atoms with Crippen LogP contribution < -0.4 is 58.7 Å². The first-order chi connectivity index (χ1) is 46.1. The van der Waals surface area contributed by atoms with Crippen LogP contribution in [0.4, 0.5) is 0 Å². The van der Waals surface area contributed by atoms with E-state index in [4.69, 9.17) is 40.3 Å². The number of fused-ring (bicyclic) bond motifs is 4. The summed E-state index contributed by atoms with van der Waals surface area (Å²) in [6, 6.07) is -6.54. The smallest absolute Gasteiger partial charge is 0.306 e. The lowest BCUT2D eigenvalue weighted by Crippen LogP contribution is -2.61. The second kappa shape index (κ2) is 42.4. The normalized spacial score (nSPS) is 21.0. The summed E-state index contributed by atoms with van der Waals surface area (Å²) in [6.45, 7) is 8.03. The standard InChI is InChI=1S/C61H96N12O22S2/c1-7-33(3)51(70-47(78)8-2)57(85)66-28-50(81)67-42-32-97(90)59-38(27-41(54(63)82)69-58(86)52(35(5)44(76)30-74)71-56(84)43-26-36(75)29-73(43)60(87)40(68-55(42)83)10-12-46(62)77)37-9-11-45(91-6)39(53(37)72-59)31-96-24-15-65-48(79)13-16-92-18-20-94-22-23-95-21-19-93-17-14-64-49(80)25-34(4)61(88)89/h9,11,33-36,40-44,51-52,72,74-76H,7-8,10,12-32H2,1-6H3,(H2,62,77)(H2,63,82)(H,64,80)(H,65,79)(H,66,85)(H,67,81)(H,68,83)(H,69,86)(H,70,78)(H,71,84)(H,88,89)/t33-,34?,35-,36+,40-,41-,42-,43-,44-,51-,52-,97?/m0/s1. The first-order valence-electron chi connectivity index (χ1n) is 32.0. The number of H-pyrrole nitrogens is 1. The molecule has 0 radical (unpaired) electrons. The molecule has 3 heterocycles. The Morgan fingerprint density at radius 2 is 1.46 bits per heavy atom. The van der Waals surface area contributed by atoms with E-state index in [9.17, 15) is 72.9 Å². The van der Waals surface area contributed by atoms with Gasteiger partial charge in [-0.1, -0.05) is 41.0 Å². The van der Waals surface area contributed by atoms with Crippen LogP contribution >= 0.6 is 11.8 Å². The van der Waals surface area contributed by atoms with Gasteiger partial charge in [0.05, 0.1) is 96.8 Å². The molecule has 2 aromatic rings. The van der Waals surface area contributed by atoms with Crippen molar-refractivity contribution in [3.63, 3.8) is 0 Å². The second-order valence-corrected chi connectivity index (χ2v) is 25.9. The SMILES string of the molecule is CCC(=O)N[C@H](C(=O)NCC(=O)N[C@H]1C[S+]([O-])c2[nH]c3c(CSCCNC(=O)CCOCCOCCOCCOCCNC(=O)CC(C)C(=O)O)c(OC)ccc3c2C[C@@H](C(N)=O)NC(=O)[C@H]([C@@H](C)[C@@H](O)CO)NC(=O)[C@@H]2C[C@@H](O)CN2C(=O)[C@H](CCC(N)=O)NC1=O)[C@@H](C)CC. The Morgan fingerprint density at radius 1 is 0.814 bits per heavy atom. The minimum absolute atomic E-state index is 0.0442. The highest BCUT2D eigenvalue weighted by molar-refractivity contribution is 7.98. The van der Waals surface area contributed by atoms with E-state index in [1.165, 1.54) is 32.7 Å². The zero-order valence-corrected chi connectivity index (χ0v) is 57.2. The number of aliphatic hydroxyl groups excluding tert-OH is 3. The molecule has 1 saturated heterocycles. The number of aromatic nitrogens is 1. The van der Waals surface area contributed by atoms with Gasteiger partial charge in [-0.3, -0.25) is 57.5 Å². The van der Waals surface area contributed by atoms with E-state index in [1.54, 1.807) is 32.9 Å². The number of primary amides is 2. The molecule has 2 aliphatic rings. The lowest BCUT2D eigenvalue weighted by atomic mass is 9.93. The van der Waals surface area contributed by atoms with Crippen molar-refractivity contribution >= 4 is 105 Å². The van der Waals surface area contributed by atoms with Crippen molar-refractivity contribution in [2.24, 2.45) is 29.2 Å². The largest absolute Gasteiger partial charge is 0.610 e. The number of carbonyl (C=O) groups excluding carboxylic acids is 11. The first-order valence-corrected chi connectivity index (χ1v) is 34.5. The van der Waals surface area contributed by atoms with Crippen molar-refractivity contribution in [2.45, 2.75) is 145 Å². The van der Waals surface area contributed by atoms with Crippen LogP contribution in [0.25, 0.3) is 10.9 Å². The van der Waals surface area contributed by atoms with E-state index in [0.717, 1.165) is 4.90 Å². The highest BCUT2D eigenvalue weighted by Gasteiger charge is 2.45. The highest BCUT2D eigenvalue weighted by atomic mass is 32.2. The molecule has 1 aromatic heterocycles. The molecule has 17 N–H and O–H groups in total. The van der Waals surface area contributed by atoms with E-state index in [-0.39, 0.29) is 113 Å². The minimum atomic E-state index is -2.47. The van der Waals surface area contributed by atoms with Crippen LogP contribution in [0.1, 0.15) is 90.7 Å². The van der Waals surface area contributed by atoms with Gasteiger partial charge in [-0.05, 0) is 24.5 Å². The average Bonchev–Trinajstić information content (AvgIpc) is 1.63. The number of hydrogen-bond acceptors (Lipinski definition) is 22. The Morgan fingerprint density at radius 3 is 2.07 bits per heavy atom. The fraction of sp³-hybridized carbons (Fsp3) is 0.672. The van der Waals surface area contributed by atoms with Crippen LogP contribution in [0.3, 0.4) is 0 Å². The number of nitrogens with two attached hydrogens (primary N) is 2. The Balaban J connectivity index is 1.59. The number of ether oxygens (including phenoxy) is 5. The molecule has 544 valence electrons. The molecule has 0 saturated carbocycles. The first kappa shape index (κ1) is 82.0. The molecule has 0 bridgehead atoms. The molecule has 0 aliphatic carbocycles. The number of benzene rings is 1. The van der Waals surface area contributed by atoms with E-state index in [2.05, 4.69) is 47.5 Å². The number of aliphatic carboxylic acids is 1. The van der Waals surface area contributed by atoms with Crippen molar-refractivity contribution in [3.05, 3.63) is 23.3 Å². The number of rotatable bonds is 39. The van der Waals surface area contributed by atoms with Crippen LogP contribution in [-0.4, -0.2) is 259 Å². The molecule has 4 rings (SSSR count). The summed E-state index contributed by atoms with van der Waals surface area (Å²) in [6.07, 6.45) is -4.55. The Kier molecular flexibility index (Phi) is 35.9. The van der Waals surface area contributed by atoms with Gasteiger partial charge < -0.3 is 113 Å². The molecule has 0 spiro atoms. The second-order valence-electron chi connectivity index (χ2n) is 23.4. The Bertz CT molecular complexity index is 3000. The number of aliphatic hydroxyl groups is 3. The number of thioether (sulfide) groups is 1. The summed E-state index contributed by atoms with van der Waals surface area (Å²) < 4.78 is 43.0. The minimum Gasteiger partial charge on any atom is -0.610 e. The predicted molar refractivity (Wildman–Crippen MR) is 350 cm³/mol. The van der Waals surface area contributed by atoms with Gasteiger partial charge >= 0.3 is 5.97 Å². The van der Waals surface area contributed by atoms with E-state index in [0.29, 0.717) is 34.4 Å². The molecule has 2 unspecified atom stereocenters. The van der Waals surface area contributed by atoms with Crippen molar-refractivity contribution in [1.29, 1.82) is 0 Å². The molecule has 11 amide bonds. The predicted octanol–water partition coefficient (Wildman–Crippen LogP) is -4.43. The number of aromatic amines is 1. The molecule has 97 heavy (non-hydrogen) atoms. The van der Waals surface area contributed by atoms with Crippen LogP contribution in [-0.2, 0) is 99.8 Å². The summed E-state index contributed by atoms with van der Waals surface area (Å²) in [5.74, 6) is -12.7. The van der Waals surface area contributed by atoms with Gasteiger partial charge in [-0.2, -0.15) is 11.8 Å². The number of hydrogen-bond donors (Lipinski definition) is 15. The third-order valence-electron chi connectivity index (χ3n) is 16.1. The van der Waals surface area contributed by atoms with Crippen LogP contribution in [0.2, 0.25) is 0 Å². The number of carbonyl (C=O) groups is 12. The zero-order valence-electron chi connectivity index (χ0n) is 55.5. The topological polar surface area (TPSA) is 522 Å². The summed E-state index contributed by atoms with van der Waals surface area (Å²) in [5.41, 5.74) is 12.4. The molecule has 36 heteroatoms. The van der Waals surface area contributed by atoms with Gasteiger partial charge in [0, 0.05) is 103 Å². The maximum absolute atomic E-state index is 15.3. The molecule has 2 aliphatic heterocycles. The maximum Gasteiger partial charge on any atom is 0.306 e. The quantitative estimate of drug-likeness (QED) is 0.0222. The third kappa shape index (κ3) is 26.7. The molecule has 12 atom stereocenters. The van der Waals surface area contributed by atoms with E-state index < -0.39 is 188 Å². The molecular weight excluding hydrogens is 1320 g/mol. The van der Waals surface area contributed by atoms with Gasteiger partial charge in [-0.25, -0.2) is 0 Å². The number of nitrogens with zero attached hydrogens (tertiary/aromatic N) is 1. The molecule has 1 aromatic carbocycles. The zero-order chi connectivity index (χ0) is 71.9.